The number of ether oxygens (including phenoxy) is 1. The summed E-state index contributed by atoms with van der Waals surface area (Å²) in [5.41, 5.74) is 1.01. The molecule has 0 atom stereocenters. The van der Waals surface area contributed by atoms with Gasteiger partial charge in [-0.05, 0) is 18.9 Å². The molecule has 25 heavy (non-hydrogen) atoms. The van der Waals surface area contributed by atoms with Crippen molar-refractivity contribution in [3.8, 4) is 5.75 Å². The van der Waals surface area contributed by atoms with Crippen molar-refractivity contribution in [2.45, 2.75) is 33.2 Å². The quantitative estimate of drug-likeness (QED) is 0.665. The third-order valence-electron chi connectivity index (χ3n) is 4.22. The second kappa shape index (κ2) is 10.0. The molecule has 6 heteroatoms. The molecule has 0 radical (unpaired) electrons. The number of hydrogen-bond acceptors (Lipinski definition) is 4. The first-order chi connectivity index (χ1) is 12.1. The molecule has 1 aromatic carbocycles. The van der Waals surface area contributed by atoms with Crippen molar-refractivity contribution in [3.63, 3.8) is 0 Å². The van der Waals surface area contributed by atoms with Crippen LogP contribution in [0.4, 0.5) is 0 Å². The monoisotopic (exact) mass is 347 g/mol. The fourth-order valence-corrected chi connectivity index (χ4v) is 2.69. The van der Waals surface area contributed by atoms with Crippen molar-refractivity contribution in [2.75, 3.05) is 32.8 Å². The first-order valence-electron chi connectivity index (χ1n) is 9.05. The number of likely N-dealkylation sites (tertiary alicyclic amines) is 1. The number of benzene rings is 1. The van der Waals surface area contributed by atoms with Crippen LogP contribution in [-0.2, 0) is 16.1 Å². The molecule has 1 heterocycles. The maximum absolute atomic E-state index is 12.1. The average Bonchev–Trinajstić information content (AvgIpc) is 3.14. The first-order valence-corrected chi connectivity index (χ1v) is 9.05. The van der Waals surface area contributed by atoms with Gasteiger partial charge in [-0.25, -0.2) is 0 Å². The minimum Gasteiger partial charge on any atom is -0.483 e. The highest BCUT2D eigenvalue weighted by Gasteiger charge is 2.18. The molecule has 0 unspecified atom stereocenters. The summed E-state index contributed by atoms with van der Waals surface area (Å²) in [6, 6.07) is 7.72. The van der Waals surface area contributed by atoms with Gasteiger partial charge in [-0.15, -0.1) is 0 Å². The number of carbonyl (C=O) groups excluding carboxylic acids is 2. The van der Waals surface area contributed by atoms with Gasteiger partial charge in [-0.1, -0.05) is 32.0 Å². The van der Waals surface area contributed by atoms with Crippen LogP contribution in [0.25, 0.3) is 0 Å². The molecule has 2 rings (SSSR count). The van der Waals surface area contributed by atoms with Gasteiger partial charge in [-0.3, -0.25) is 9.59 Å². The van der Waals surface area contributed by atoms with Gasteiger partial charge in [0.25, 0.3) is 5.91 Å². The molecule has 138 valence electrons. The van der Waals surface area contributed by atoms with E-state index in [1.807, 2.05) is 43.0 Å². The fourth-order valence-electron chi connectivity index (χ4n) is 2.69. The summed E-state index contributed by atoms with van der Waals surface area (Å²) in [6.07, 6.45) is 2.17. The van der Waals surface area contributed by atoms with Crippen LogP contribution in [0.1, 0.15) is 32.3 Å². The van der Waals surface area contributed by atoms with E-state index in [2.05, 4.69) is 10.6 Å². The van der Waals surface area contributed by atoms with Crippen molar-refractivity contribution in [1.82, 2.24) is 15.5 Å². The van der Waals surface area contributed by atoms with E-state index in [0.717, 1.165) is 37.2 Å². The first kappa shape index (κ1) is 19.2. The number of nitrogens with zero attached hydrogens (tertiary/aromatic N) is 1. The number of carbonyl (C=O) groups is 2. The Morgan fingerprint density at radius 3 is 2.60 bits per heavy atom. The molecule has 0 aliphatic carbocycles. The van der Waals surface area contributed by atoms with Crippen LogP contribution in [0.15, 0.2) is 24.3 Å². The maximum atomic E-state index is 12.1. The molecule has 1 aliphatic rings. The molecular weight excluding hydrogens is 318 g/mol. The molecule has 0 saturated carbocycles. The molecule has 0 bridgehead atoms. The summed E-state index contributed by atoms with van der Waals surface area (Å²) >= 11 is 0. The van der Waals surface area contributed by atoms with Gasteiger partial charge in [0.15, 0.2) is 6.61 Å². The van der Waals surface area contributed by atoms with E-state index in [1.54, 1.807) is 0 Å². The zero-order valence-corrected chi connectivity index (χ0v) is 15.2. The Hall–Kier alpha value is -2.08. The third-order valence-corrected chi connectivity index (χ3v) is 4.22. The van der Waals surface area contributed by atoms with Crippen LogP contribution in [0.3, 0.4) is 0 Å². The van der Waals surface area contributed by atoms with Crippen molar-refractivity contribution >= 4 is 11.8 Å². The zero-order chi connectivity index (χ0) is 18.1. The largest absolute Gasteiger partial charge is 0.483 e. The van der Waals surface area contributed by atoms with Gasteiger partial charge in [0.2, 0.25) is 5.91 Å². The van der Waals surface area contributed by atoms with Crippen molar-refractivity contribution in [3.05, 3.63) is 29.8 Å². The molecule has 0 aromatic heterocycles. The van der Waals surface area contributed by atoms with E-state index in [4.69, 9.17) is 4.74 Å². The smallest absolute Gasteiger partial charge is 0.260 e. The average molecular weight is 347 g/mol. The lowest BCUT2D eigenvalue weighted by molar-refractivity contribution is -0.132. The predicted molar refractivity (Wildman–Crippen MR) is 97.3 cm³/mol. The Kier molecular flexibility index (Phi) is 7.73. The van der Waals surface area contributed by atoms with Crippen LogP contribution in [0.5, 0.6) is 5.75 Å². The summed E-state index contributed by atoms with van der Waals surface area (Å²) in [4.78, 5) is 25.4. The lowest BCUT2D eigenvalue weighted by Gasteiger charge is -2.17. The van der Waals surface area contributed by atoms with Crippen molar-refractivity contribution in [1.29, 1.82) is 0 Å². The van der Waals surface area contributed by atoms with E-state index >= 15 is 0 Å². The molecule has 2 amide bonds. The Labute approximate surface area is 149 Å². The highest BCUT2D eigenvalue weighted by Crippen LogP contribution is 2.18. The topological polar surface area (TPSA) is 70.7 Å². The molecule has 1 fully saturated rings. The summed E-state index contributed by atoms with van der Waals surface area (Å²) in [5.74, 6) is 0.846. The van der Waals surface area contributed by atoms with E-state index in [-0.39, 0.29) is 24.3 Å². The van der Waals surface area contributed by atoms with Crippen LogP contribution in [0.2, 0.25) is 0 Å². The van der Waals surface area contributed by atoms with Gasteiger partial charge in [0.05, 0.1) is 0 Å². The summed E-state index contributed by atoms with van der Waals surface area (Å²) in [7, 11) is 0. The molecule has 1 saturated heterocycles. The Morgan fingerprint density at radius 1 is 1.16 bits per heavy atom. The number of para-hydroxylation sites is 1. The van der Waals surface area contributed by atoms with E-state index < -0.39 is 0 Å². The van der Waals surface area contributed by atoms with Crippen LogP contribution >= 0.6 is 0 Å². The molecule has 0 spiro atoms. The minimum absolute atomic E-state index is 0.00210. The van der Waals surface area contributed by atoms with Gasteiger partial charge in [0.1, 0.15) is 5.75 Å². The summed E-state index contributed by atoms with van der Waals surface area (Å²) in [5, 5.41) is 6.16. The fraction of sp³-hybridized carbons (Fsp3) is 0.579. The summed E-state index contributed by atoms with van der Waals surface area (Å²) < 4.78 is 5.74. The lowest BCUT2D eigenvalue weighted by Crippen LogP contribution is -2.34. The van der Waals surface area contributed by atoms with Crippen molar-refractivity contribution in [2.24, 2.45) is 5.92 Å². The molecule has 2 N–H and O–H groups in total. The van der Waals surface area contributed by atoms with Crippen molar-refractivity contribution < 1.29 is 14.3 Å². The van der Waals surface area contributed by atoms with E-state index in [0.29, 0.717) is 19.6 Å². The maximum Gasteiger partial charge on any atom is 0.260 e. The standard InChI is InChI=1S/C19H29N3O3/c1-15(2)19(24)21-10-9-20-13-16-7-3-4-8-17(16)25-14-18(23)22-11-5-6-12-22/h3-4,7-8,15,20H,5-6,9-14H2,1-2H3,(H,21,24). The lowest BCUT2D eigenvalue weighted by atomic mass is 10.2. The SMILES string of the molecule is CC(C)C(=O)NCCNCc1ccccc1OCC(=O)N1CCCC1. The Balaban J connectivity index is 1.74. The van der Waals surface area contributed by atoms with Crippen LogP contribution in [-0.4, -0.2) is 49.5 Å². The number of hydrogen-bond donors (Lipinski definition) is 2. The van der Waals surface area contributed by atoms with E-state index in [1.165, 1.54) is 0 Å². The number of amides is 2. The normalized spacial score (nSPS) is 14.0. The molecule has 1 aromatic rings. The van der Waals surface area contributed by atoms with Crippen LogP contribution < -0.4 is 15.4 Å². The molecular formula is C19H29N3O3. The Morgan fingerprint density at radius 2 is 1.88 bits per heavy atom. The van der Waals surface area contributed by atoms with Gasteiger partial charge in [-0.2, -0.15) is 0 Å². The van der Waals surface area contributed by atoms with Gasteiger partial charge in [0, 0.05) is 44.2 Å². The Bertz CT molecular complexity index is 569. The second-order valence-corrected chi connectivity index (χ2v) is 6.61. The third kappa shape index (κ3) is 6.38. The molecule has 1 aliphatic heterocycles. The highest BCUT2D eigenvalue weighted by atomic mass is 16.5. The van der Waals surface area contributed by atoms with Gasteiger partial charge >= 0.3 is 0 Å². The number of nitrogens with one attached hydrogen (secondary N) is 2. The highest BCUT2D eigenvalue weighted by molar-refractivity contribution is 5.78. The summed E-state index contributed by atoms with van der Waals surface area (Å²) in [6.45, 7) is 7.42. The molecule has 6 nitrogen and oxygen atoms in total. The number of rotatable bonds is 9. The minimum atomic E-state index is 0.00210. The van der Waals surface area contributed by atoms with Crippen LogP contribution in [0, 0.1) is 5.92 Å². The predicted octanol–water partition coefficient (Wildman–Crippen LogP) is 1.55. The zero-order valence-electron chi connectivity index (χ0n) is 15.2. The van der Waals surface area contributed by atoms with E-state index in [9.17, 15) is 9.59 Å². The van der Waals surface area contributed by atoms with Gasteiger partial charge < -0.3 is 20.3 Å². The second-order valence-electron chi connectivity index (χ2n) is 6.61.